The normalized spacial score (nSPS) is 10.5. The van der Waals surface area contributed by atoms with E-state index in [-0.39, 0.29) is 0 Å². The van der Waals surface area contributed by atoms with E-state index in [1.807, 2.05) is 42.5 Å². The van der Waals surface area contributed by atoms with E-state index in [2.05, 4.69) is 10.3 Å². The molecule has 5 nitrogen and oxygen atoms in total. The minimum atomic E-state index is -1.13. The lowest BCUT2D eigenvalue weighted by atomic mass is 10.1. The monoisotopic (exact) mass is 300 g/mol. The topological polar surface area (TPSA) is 71.5 Å². The first-order chi connectivity index (χ1) is 10.2. The van der Waals surface area contributed by atoms with Gasteiger partial charge in [-0.05, 0) is 17.7 Å². The second-order valence-electron chi connectivity index (χ2n) is 4.31. The fourth-order valence-corrected chi connectivity index (χ4v) is 3.15. The summed E-state index contributed by atoms with van der Waals surface area (Å²) in [5.74, 6) is 0.624. The van der Waals surface area contributed by atoms with Crippen molar-refractivity contribution in [3.05, 3.63) is 42.5 Å². The Kier molecular flexibility index (Phi) is 3.45. The molecule has 1 amide bonds. The molecular formula is C15H12N2O3S. The van der Waals surface area contributed by atoms with Gasteiger partial charge in [0.2, 0.25) is 0 Å². The maximum absolute atomic E-state index is 10.8. The summed E-state index contributed by atoms with van der Waals surface area (Å²) in [6.07, 6.45) is -1.13. The van der Waals surface area contributed by atoms with E-state index in [0.29, 0.717) is 16.4 Å². The molecule has 0 aliphatic heterocycles. The number of aromatic nitrogens is 1. The zero-order valence-electron chi connectivity index (χ0n) is 11.2. The first kappa shape index (κ1) is 13.4. The number of amides is 1. The highest BCUT2D eigenvalue weighted by atomic mass is 32.1. The Morgan fingerprint density at radius 1 is 1.24 bits per heavy atom. The number of hydrogen-bond donors (Lipinski definition) is 2. The third-order valence-corrected chi connectivity index (χ3v) is 4.03. The fourth-order valence-electron chi connectivity index (χ4n) is 2.14. The van der Waals surface area contributed by atoms with Gasteiger partial charge >= 0.3 is 6.09 Å². The fraction of sp³-hybridized carbons (Fsp3) is 0.0667. The molecule has 0 atom stereocenters. The molecule has 3 rings (SSSR count). The van der Waals surface area contributed by atoms with Crippen molar-refractivity contribution in [1.29, 1.82) is 0 Å². The SMILES string of the molecule is COc1ccc(-c2ccccc2)c2sc(NC(=O)O)nc12. The van der Waals surface area contributed by atoms with Crippen molar-refractivity contribution in [2.24, 2.45) is 0 Å². The number of nitrogens with one attached hydrogen (secondary N) is 1. The molecular weight excluding hydrogens is 288 g/mol. The van der Waals surface area contributed by atoms with Crippen molar-refractivity contribution in [3.63, 3.8) is 0 Å². The molecule has 21 heavy (non-hydrogen) atoms. The van der Waals surface area contributed by atoms with Crippen molar-refractivity contribution >= 4 is 32.8 Å². The van der Waals surface area contributed by atoms with Crippen LogP contribution >= 0.6 is 11.3 Å². The lowest BCUT2D eigenvalue weighted by Gasteiger charge is -2.05. The Bertz CT molecular complexity index is 799. The zero-order valence-corrected chi connectivity index (χ0v) is 12.0. The number of ether oxygens (including phenoxy) is 1. The first-order valence-corrected chi connectivity index (χ1v) is 7.03. The summed E-state index contributed by atoms with van der Waals surface area (Å²) in [5, 5.41) is 11.5. The summed E-state index contributed by atoms with van der Waals surface area (Å²) in [6, 6.07) is 13.7. The van der Waals surface area contributed by atoms with Crippen LogP contribution in [0.2, 0.25) is 0 Å². The molecule has 0 fully saturated rings. The number of thiazole rings is 1. The quantitative estimate of drug-likeness (QED) is 0.765. The number of carbonyl (C=O) groups is 1. The minimum absolute atomic E-state index is 0.333. The average Bonchev–Trinajstić information content (AvgIpc) is 2.89. The lowest BCUT2D eigenvalue weighted by Crippen LogP contribution is -2.06. The van der Waals surface area contributed by atoms with Gasteiger partial charge in [-0.25, -0.2) is 9.78 Å². The molecule has 0 bridgehead atoms. The van der Waals surface area contributed by atoms with E-state index < -0.39 is 6.09 Å². The molecule has 106 valence electrons. The number of methoxy groups -OCH3 is 1. The Balaban J connectivity index is 2.22. The second-order valence-corrected chi connectivity index (χ2v) is 5.31. The van der Waals surface area contributed by atoms with Gasteiger partial charge in [0.15, 0.2) is 5.13 Å². The second kappa shape index (κ2) is 5.41. The van der Waals surface area contributed by atoms with E-state index in [0.717, 1.165) is 15.8 Å². The van der Waals surface area contributed by atoms with Gasteiger partial charge in [0.1, 0.15) is 11.3 Å². The average molecular weight is 300 g/mol. The summed E-state index contributed by atoms with van der Waals surface area (Å²) in [6.45, 7) is 0. The number of anilines is 1. The number of benzene rings is 2. The number of hydrogen-bond acceptors (Lipinski definition) is 4. The van der Waals surface area contributed by atoms with E-state index in [1.165, 1.54) is 11.3 Å². The van der Waals surface area contributed by atoms with Gasteiger partial charge in [0.05, 0.1) is 11.8 Å². The van der Waals surface area contributed by atoms with Crippen LogP contribution in [-0.4, -0.2) is 23.3 Å². The van der Waals surface area contributed by atoms with Crippen LogP contribution in [0.5, 0.6) is 5.75 Å². The highest BCUT2D eigenvalue weighted by Crippen LogP contribution is 2.39. The van der Waals surface area contributed by atoms with E-state index in [4.69, 9.17) is 9.84 Å². The van der Waals surface area contributed by atoms with Crippen LogP contribution in [-0.2, 0) is 0 Å². The third-order valence-electron chi connectivity index (χ3n) is 3.03. The van der Waals surface area contributed by atoms with Crippen molar-refractivity contribution in [1.82, 2.24) is 4.98 Å². The molecule has 0 unspecified atom stereocenters. The van der Waals surface area contributed by atoms with Gasteiger partial charge in [0, 0.05) is 5.56 Å². The van der Waals surface area contributed by atoms with Crippen molar-refractivity contribution in [3.8, 4) is 16.9 Å². The smallest absolute Gasteiger partial charge is 0.410 e. The molecule has 0 aliphatic carbocycles. The number of carboxylic acid groups (broad SMARTS) is 1. The molecule has 0 saturated heterocycles. The molecule has 0 spiro atoms. The third kappa shape index (κ3) is 2.53. The Labute approximate surface area is 124 Å². The molecule has 3 aromatic rings. The van der Waals surface area contributed by atoms with Crippen LogP contribution in [0.3, 0.4) is 0 Å². The van der Waals surface area contributed by atoms with Crippen LogP contribution in [0.1, 0.15) is 0 Å². The molecule has 1 heterocycles. The Morgan fingerprint density at radius 3 is 2.67 bits per heavy atom. The van der Waals surface area contributed by atoms with Gasteiger partial charge in [0.25, 0.3) is 0 Å². The number of rotatable bonds is 3. The van der Waals surface area contributed by atoms with Crippen LogP contribution in [0.25, 0.3) is 21.3 Å². The van der Waals surface area contributed by atoms with Crippen LogP contribution in [0, 0.1) is 0 Å². The summed E-state index contributed by atoms with van der Waals surface area (Å²) in [4.78, 5) is 15.1. The molecule has 0 radical (unpaired) electrons. The highest BCUT2D eigenvalue weighted by Gasteiger charge is 2.15. The Hall–Kier alpha value is -2.60. The van der Waals surface area contributed by atoms with Crippen molar-refractivity contribution < 1.29 is 14.6 Å². The molecule has 1 aromatic heterocycles. The van der Waals surface area contributed by atoms with Gasteiger partial charge < -0.3 is 9.84 Å². The predicted molar refractivity (Wildman–Crippen MR) is 83.3 cm³/mol. The molecule has 2 aromatic carbocycles. The van der Waals surface area contributed by atoms with Gasteiger partial charge in [-0.15, -0.1) is 0 Å². The van der Waals surface area contributed by atoms with Gasteiger partial charge in [-0.3, -0.25) is 5.32 Å². The van der Waals surface area contributed by atoms with E-state index in [1.54, 1.807) is 7.11 Å². The summed E-state index contributed by atoms with van der Waals surface area (Å²) in [7, 11) is 1.57. The standard InChI is InChI=1S/C15H12N2O3S/c1-20-11-8-7-10(9-5-3-2-4-6-9)13-12(11)16-14(21-13)17-15(18)19/h2-8H,1H3,(H,16,17)(H,18,19). The first-order valence-electron chi connectivity index (χ1n) is 6.22. The van der Waals surface area contributed by atoms with Crippen molar-refractivity contribution in [2.75, 3.05) is 12.4 Å². The molecule has 2 N–H and O–H groups in total. The van der Waals surface area contributed by atoms with Crippen LogP contribution in [0.4, 0.5) is 9.93 Å². The number of fused-ring (bicyclic) bond motifs is 1. The molecule has 0 saturated carbocycles. The van der Waals surface area contributed by atoms with E-state index >= 15 is 0 Å². The predicted octanol–water partition coefficient (Wildman–Crippen LogP) is 4.06. The number of nitrogens with zero attached hydrogens (tertiary/aromatic N) is 1. The van der Waals surface area contributed by atoms with Crippen LogP contribution in [0.15, 0.2) is 42.5 Å². The summed E-state index contributed by atoms with van der Waals surface area (Å²) < 4.78 is 6.20. The van der Waals surface area contributed by atoms with E-state index in [9.17, 15) is 4.79 Å². The molecule has 6 heteroatoms. The van der Waals surface area contributed by atoms with Crippen LogP contribution < -0.4 is 10.1 Å². The van der Waals surface area contributed by atoms with Crippen molar-refractivity contribution in [2.45, 2.75) is 0 Å². The minimum Gasteiger partial charge on any atom is -0.494 e. The molecule has 0 aliphatic rings. The largest absolute Gasteiger partial charge is 0.494 e. The zero-order chi connectivity index (χ0) is 14.8. The van der Waals surface area contributed by atoms with Gasteiger partial charge in [-0.1, -0.05) is 41.7 Å². The highest BCUT2D eigenvalue weighted by molar-refractivity contribution is 7.23. The van der Waals surface area contributed by atoms with Gasteiger partial charge in [-0.2, -0.15) is 0 Å². The summed E-state index contributed by atoms with van der Waals surface area (Å²) in [5.41, 5.74) is 2.71. The maximum atomic E-state index is 10.8. The lowest BCUT2D eigenvalue weighted by molar-refractivity contribution is 0.209. The Morgan fingerprint density at radius 2 is 2.00 bits per heavy atom. The summed E-state index contributed by atoms with van der Waals surface area (Å²) >= 11 is 1.29. The maximum Gasteiger partial charge on any atom is 0.410 e.